The highest BCUT2D eigenvalue weighted by molar-refractivity contribution is 7.91. The molecule has 0 aromatic heterocycles. The highest BCUT2D eigenvalue weighted by Crippen LogP contribution is 2.04. The molecule has 0 unspecified atom stereocenters. The van der Waals surface area contributed by atoms with Gasteiger partial charge in [-0.1, -0.05) is 37.3 Å². The van der Waals surface area contributed by atoms with Crippen molar-refractivity contribution in [1.29, 1.82) is 0 Å². The maximum atomic E-state index is 11.5. The lowest BCUT2D eigenvalue weighted by molar-refractivity contribution is 0.197. The van der Waals surface area contributed by atoms with Crippen LogP contribution in [-0.4, -0.2) is 49.6 Å². The van der Waals surface area contributed by atoms with E-state index in [1.807, 2.05) is 35.2 Å². The summed E-state index contributed by atoms with van der Waals surface area (Å²) >= 11 is 0. The normalized spacial score (nSPS) is 11.9. The maximum Gasteiger partial charge on any atom is 0.151 e. The quantitative estimate of drug-likeness (QED) is 0.764. The maximum absolute atomic E-state index is 11.5. The van der Waals surface area contributed by atoms with E-state index in [1.165, 1.54) is 0 Å². The molecule has 0 radical (unpaired) electrons. The summed E-state index contributed by atoms with van der Waals surface area (Å²) in [6.07, 6.45) is 0. The van der Waals surface area contributed by atoms with Crippen LogP contribution in [0.15, 0.2) is 30.3 Å². The number of hydrogen-bond acceptors (Lipinski definition) is 4. The smallest absolute Gasteiger partial charge is 0.151 e. The molecule has 4 nitrogen and oxygen atoms in total. The third-order valence-corrected chi connectivity index (χ3v) is 4.51. The van der Waals surface area contributed by atoms with Gasteiger partial charge in [-0.05, 0) is 5.56 Å². The van der Waals surface area contributed by atoms with Gasteiger partial charge in [-0.15, -0.1) is 0 Å². The van der Waals surface area contributed by atoms with Crippen molar-refractivity contribution < 1.29 is 13.5 Å². The van der Waals surface area contributed by atoms with E-state index in [9.17, 15) is 8.42 Å². The predicted molar refractivity (Wildman–Crippen MR) is 73.1 cm³/mol. The molecule has 0 aliphatic heterocycles. The molecule has 1 aromatic rings. The summed E-state index contributed by atoms with van der Waals surface area (Å²) in [6, 6.07) is 9.85. The standard InChI is InChI=1S/C13H21NO3S/c1-2-18(16,17)11-9-14(8-10-15)12-13-6-4-3-5-7-13/h3-7,15H,2,8-12H2,1H3. The van der Waals surface area contributed by atoms with Crippen molar-refractivity contribution in [3.8, 4) is 0 Å². The molecule has 0 saturated heterocycles. The van der Waals surface area contributed by atoms with Crippen LogP contribution >= 0.6 is 0 Å². The van der Waals surface area contributed by atoms with E-state index in [0.717, 1.165) is 5.56 Å². The summed E-state index contributed by atoms with van der Waals surface area (Å²) in [6.45, 7) is 3.32. The van der Waals surface area contributed by atoms with E-state index in [0.29, 0.717) is 19.6 Å². The molecule has 1 N–H and O–H groups in total. The number of hydrogen-bond donors (Lipinski definition) is 1. The van der Waals surface area contributed by atoms with E-state index in [2.05, 4.69) is 0 Å². The Morgan fingerprint density at radius 1 is 1.17 bits per heavy atom. The molecule has 0 heterocycles. The average molecular weight is 271 g/mol. The molecule has 0 aliphatic carbocycles. The average Bonchev–Trinajstić information content (AvgIpc) is 2.38. The zero-order valence-electron chi connectivity index (χ0n) is 10.7. The van der Waals surface area contributed by atoms with Gasteiger partial charge in [0.1, 0.15) is 0 Å². The number of aliphatic hydroxyl groups excluding tert-OH is 1. The van der Waals surface area contributed by atoms with Gasteiger partial charge in [0.2, 0.25) is 0 Å². The second-order valence-corrected chi connectivity index (χ2v) is 6.69. The van der Waals surface area contributed by atoms with Crippen molar-refractivity contribution in [2.45, 2.75) is 13.5 Å². The van der Waals surface area contributed by atoms with Gasteiger partial charge < -0.3 is 5.11 Å². The van der Waals surface area contributed by atoms with Crippen LogP contribution < -0.4 is 0 Å². The molecule has 0 bridgehead atoms. The highest BCUT2D eigenvalue weighted by Gasteiger charge is 2.11. The lowest BCUT2D eigenvalue weighted by atomic mass is 10.2. The fraction of sp³-hybridized carbons (Fsp3) is 0.538. The molecule has 0 aliphatic rings. The largest absolute Gasteiger partial charge is 0.395 e. The SMILES string of the molecule is CCS(=O)(=O)CCN(CCO)Cc1ccccc1. The Balaban J connectivity index is 2.55. The van der Waals surface area contributed by atoms with Gasteiger partial charge >= 0.3 is 0 Å². The van der Waals surface area contributed by atoms with Crippen LogP contribution in [0.5, 0.6) is 0 Å². The molecular formula is C13H21NO3S. The van der Waals surface area contributed by atoms with Crippen LogP contribution in [0.2, 0.25) is 0 Å². The van der Waals surface area contributed by atoms with E-state index in [1.54, 1.807) is 6.92 Å². The van der Waals surface area contributed by atoms with Crippen LogP contribution in [0.3, 0.4) is 0 Å². The number of benzene rings is 1. The first-order valence-corrected chi connectivity index (χ1v) is 7.97. The second-order valence-electron chi connectivity index (χ2n) is 4.22. The Bertz CT molecular complexity index is 431. The van der Waals surface area contributed by atoms with Crippen LogP contribution in [0.1, 0.15) is 12.5 Å². The molecule has 0 atom stereocenters. The van der Waals surface area contributed by atoms with Gasteiger partial charge in [0.25, 0.3) is 0 Å². The summed E-state index contributed by atoms with van der Waals surface area (Å²) in [5.41, 5.74) is 1.12. The molecule has 5 heteroatoms. The molecule has 0 amide bonds. The first-order chi connectivity index (χ1) is 8.57. The van der Waals surface area contributed by atoms with Crippen LogP contribution in [-0.2, 0) is 16.4 Å². The van der Waals surface area contributed by atoms with Crippen molar-refractivity contribution in [2.24, 2.45) is 0 Å². The van der Waals surface area contributed by atoms with Gasteiger partial charge in [-0.3, -0.25) is 4.90 Å². The van der Waals surface area contributed by atoms with E-state index >= 15 is 0 Å². The number of sulfone groups is 1. The van der Waals surface area contributed by atoms with Crippen LogP contribution in [0.4, 0.5) is 0 Å². The summed E-state index contributed by atoms with van der Waals surface area (Å²) in [5.74, 6) is 0.321. The summed E-state index contributed by atoms with van der Waals surface area (Å²) in [4.78, 5) is 1.96. The minimum Gasteiger partial charge on any atom is -0.395 e. The van der Waals surface area contributed by atoms with Crippen molar-refractivity contribution in [3.63, 3.8) is 0 Å². The molecule has 0 fully saturated rings. The lowest BCUT2D eigenvalue weighted by Crippen LogP contribution is -2.31. The molecule has 0 saturated carbocycles. The topological polar surface area (TPSA) is 57.6 Å². The van der Waals surface area contributed by atoms with E-state index < -0.39 is 9.84 Å². The second kappa shape index (κ2) is 7.51. The van der Waals surface area contributed by atoms with Gasteiger partial charge in [0.05, 0.1) is 12.4 Å². The molecule has 1 rings (SSSR count). The highest BCUT2D eigenvalue weighted by atomic mass is 32.2. The van der Waals surface area contributed by atoms with Gasteiger partial charge in [-0.2, -0.15) is 0 Å². The lowest BCUT2D eigenvalue weighted by Gasteiger charge is -2.21. The van der Waals surface area contributed by atoms with Crippen molar-refractivity contribution in [2.75, 3.05) is 31.2 Å². The summed E-state index contributed by atoms with van der Waals surface area (Å²) in [7, 11) is -2.95. The predicted octanol–water partition coefficient (Wildman–Crippen LogP) is 0.916. The molecule has 102 valence electrons. The minimum absolute atomic E-state index is 0.0407. The number of aliphatic hydroxyl groups is 1. The van der Waals surface area contributed by atoms with Crippen LogP contribution in [0.25, 0.3) is 0 Å². The third kappa shape index (κ3) is 5.62. The Kier molecular flexibility index (Phi) is 6.32. The number of nitrogens with zero attached hydrogens (tertiary/aromatic N) is 1. The Morgan fingerprint density at radius 3 is 2.39 bits per heavy atom. The van der Waals surface area contributed by atoms with Gasteiger partial charge in [-0.25, -0.2) is 8.42 Å². The first-order valence-electron chi connectivity index (χ1n) is 6.15. The van der Waals surface area contributed by atoms with Crippen LogP contribution in [0, 0.1) is 0 Å². The van der Waals surface area contributed by atoms with E-state index in [-0.39, 0.29) is 18.1 Å². The van der Waals surface area contributed by atoms with Gasteiger partial charge in [0.15, 0.2) is 9.84 Å². The van der Waals surface area contributed by atoms with Gasteiger partial charge in [0, 0.05) is 25.4 Å². The summed E-state index contributed by atoms with van der Waals surface area (Å²) < 4.78 is 22.9. The molecule has 18 heavy (non-hydrogen) atoms. The molecule has 1 aromatic carbocycles. The first kappa shape index (κ1) is 15.1. The Labute approximate surface area is 109 Å². The summed E-state index contributed by atoms with van der Waals surface area (Å²) in [5, 5.41) is 9.01. The monoisotopic (exact) mass is 271 g/mol. The van der Waals surface area contributed by atoms with Crippen molar-refractivity contribution >= 4 is 9.84 Å². The zero-order valence-corrected chi connectivity index (χ0v) is 11.6. The Morgan fingerprint density at radius 2 is 1.83 bits per heavy atom. The Hall–Kier alpha value is -0.910. The van der Waals surface area contributed by atoms with E-state index in [4.69, 9.17) is 5.11 Å². The van der Waals surface area contributed by atoms with Crippen molar-refractivity contribution in [3.05, 3.63) is 35.9 Å². The minimum atomic E-state index is -2.95. The zero-order chi connectivity index (χ0) is 13.4. The molecule has 0 spiro atoms. The fourth-order valence-corrected chi connectivity index (χ4v) is 2.49. The fourth-order valence-electron chi connectivity index (χ4n) is 1.67. The molecular weight excluding hydrogens is 250 g/mol. The third-order valence-electron chi connectivity index (χ3n) is 2.82. The number of rotatable bonds is 8. The van der Waals surface area contributed by atoms with Crippen molar-refractivity contribution in [1.82, 2.24) is 4.90 Å².